The Morgan fingerprint density at radius 1 is 1.21 bits per heavy atom. The fraction of sp³-hybridized carbons (Fsp3) is 0.625. The molecule has 19 heavy (non-hydrogen) atoms. The molecule has 0 amide bonds. The van der Waals surface area contributed by atoms with Crippen LogP contribution in [-0.2, 0) is 0 Å². The highest BCUT2D eigenvalue weighted by atomic mass is 16.3. The highest BCUT2D eigenvalue weighted by Crippen LogP contribution is 2.43. The Balaban J connectivity index is 2.23. The second-order valence-electron chi connectivity index (χ2n) is 5.70. The molecular weight excluding hydrogens is 236 g/mol. The highest BCUT2D eigenvalue weighted by molar-refractivity contribution is 5.19. The summed E-state index contributed by atoms with van der Waals surface area (Å²) in [4.78, 5) is 4.30. The molecule has 1 unspecified atom stereocenters. The molecule has 0 aromatic carbocycles. The summed E-state index contributed by atoms with van der Waals surface area (Å²) in [6, 6.07) is 6.20. The van der Waals surface area contributed by atoms with Crippen LogP contribution in [0.3, 0.4) is 0 Å². The van der Waals surface area contributed by atoms with Crippen LogP contribution in [0.15, 0.2) is 18.3 Å². The SMILES string of the molecule is Cc1ccc(C(O)C2(C#N)CCCCCCC2)nc1. The van der Waals surface area contributed by atoms with E-state index < -0.39 is 11.5 Å². The average molecular weight is 258 g/mol. The van der Waals surface area contributed by atoms with Gasteiger partial charge in [0.2, 0.25) is 0 Å². The minimum atomic E-state index is -0.767. The number of aliphatic hydroxyl groups excluding tert-OH is 1. The number of aryl methyl sites for hydroxylation is 1. The highest BCUT2D eigenvalue weighted by Gasteiger charge is 2.39. The van der Waals surface area contributed by atoms with E-state index in [2.05, 4.69) is 11.1 Å². The lowest BCUT2D eigenvalue weighted by molar-refractivity contribution is 0.0401. The molecule has 1 heterocycles. The van der Waals surface area contributed by atoms with Gasteiger partial charge in [-0.2, -0.15) is 5.26 Å². The van der Waals surface area contributed by atoms with E-state index in [1.54, 1.807) is 6.20 Å². The van der Waals surface area contributed by atoms with Crippen LogP contribution in [0.4, 0.5) is 0 Å². The zero-order valence-corrected chi connectivity index (χ0v) is 11.6. The monoisotopic (exact) mass is 258 g/mol. The van der Waals surface area contributed by atoms with Gasteiger partial charge >= 0.3 is 0 Å². The molecule has 0 radical (unpaired) electrons. The Labute approximate surface area is 115 Å². The Bertz CT molecular complexity index is 439. The lowest BCUT2D eigenvalue weighted by Crippen LogP contribution is -2.29. The first kappa shape index (κ1) is 14.0. The predicted octanol–water partition coefficient (Wildman–Crippen LogP) is 3.68. The second-order valence-corrected chi connectivity index (χ2v) is 5.70. The number of hydrogen-bond acceptors (Lipinski definition) is 3. The molecule has 3 nitrogen and oxygen atoms in total. The third-order valence-corrected chi connectivity index (χ3v) is 4.21. The van der Waals surface area contributed by atoms with Crippen molar-refractivity contribution in [2.24, 2.45) is 5.41 Å². The van der Waals surface area contributed by atoms with Gasteiger partial charge in [0.05, 0.1) is 17.2 Å². The summed E-state index contributed by atoms with van der Waals surface area (Å²) >= 11 is 0. The molecule has 1 N–H and O–H groups in total. The van der Waals surface area contributed by atoms with Crippen LogP contribution in [0.25, 0.3) is 0 Å². The maximum absolute atomic E-state index is 10.6. The quantitative estimate of drug-likeness (QED) is 0.880. The molecule has 2 rings (SSSR count). The van der Waals surface area contributed by atoms with Crippen LogP contribution in [0.1, 0.15) is 62.3 Å². The minimum absolute atomic E-state index is 0.632. The summed E-state index contributed by atoms with van der Waals surface area (Å²) < 4.78 is 0. The summed E-state index contributed by atoms with van der Waals surface area (Å²) in [5.74, 6) is 0. The number of aliphatic hydroxyl groups is 1. The van der Waals surface area contributed by atoms with Crippen molar-refractivity contribution in [2.45, 2.75) is 58.0 Å². The molecule has 1 fully saturated rings. The van der Waals surface area contributed by atoms with Crippen molar-refractivity contribution in [2.75, 3.05) is 0 Å². The third-order valence-electron chi connectivity index (χ3n) is 4.21. The van der Waals surface area contributed by atoms with Crippen molar-refractivity contribution in [1.82, 2.24) is 4.98 Å². The Morgan fingerprint density at radius 2 is 1.84 bits per heavy atom. The molecule has 1 aliphatic carbocycles. The standard InChI is InChI=1S/C16H22N2O/c1-13-7-8-14(18-11-13)15(19)16(12-17)9-5-3-2-4-6-10-16/h7-8,11,15,19H,2-6,9-10H2,1H3. The number of hydrogen-bond donors (Lipinski definition) is 1. The number of nitrogens with zero attached hydrogens (tertiary/aromatic N) is 2. The molecule has 1 saturated carbocycles. The van der Waals surface area contributed by atoms with Gasteiger partial charge in [-0.25, -0.2) is 0 Å². The molecule has 1 atom stereocenters. The normalized spacial score (nSPS) is 20.9. The fourth-order valence-corrected chi connectivity index (χ4v) is 2.91. The van der Waals surface area contributed by atoms with E-state index in [9.17, 15) is 10.4 Å². The zero-order chi connectivity index (χ0) is 13.7. The van der Waals surface area contributed by atoms with Gasteiger partial charge in [-0.3, -0.25) is 4.98 Å². The second kappa shape index (κ2) is 6.16. The van der Waals surface area contributed by atoms with Gasteiger partial charge in [0.1, 0.15) is 6.10 Å². The van der Waals surface area contributed by atoms with Crippen molar-refractivity contribution in [1.29, 1.82) is 5.26 Å². The molecule has 1 aliphatic rings. The first-order chi connectivity index (χ1) is 9.18. The van der Waals surface area contributed by atoms with Gasteiger partial charge in [0.25, 0.3) is 0 Å². The Hall–Kier alpha value is -1.40. The number of aromatic nitrogens is 1. The third kappa shape index (κ3) is 3.13. The van der Waals surface area contributed by atoms with Gasteiger partial charge in [-0.1, -0.05) is 38.2 Å². The summed E-state index contributed by atoms with van der Waals surface area (Å²) in [5.41, 5.74) is 1.05. The van der Waals surface area contributed by atoms with Crippen molar-refractivity contribution in [3.63, 3.8) is 0 Å². The van der Waals surface area contributed by atoms with Crippen molar-refractivity contribution < 1.29 is 5.11 Å². The Morgan fingerprint density at radius 3 is 2.37 bits per heavy atom. The maximum atomic E-state index is 10.6. The van der Waals surface area contributed by atoms with Crippen molar-refractivity contribution in [3.8, 4) is 6.07 Å². The van der Waals surface area contributed by atoms with Gasteiger partial charge < -0.3 is 5.11 Å². The van der Waals surface area contributed by atoms with E-state index in [4.69, 9.17) is 0 Å². The first-order valence-electron chi connectivity index (χ1n) is 7.20. The molecular formula is C16H22N2O. The number of pyridine rings is 1. The number of rotatable bonds is 2. The number of nitriles is 1. The summed E-state index contributed by atoms with van der Waals surface area (Å²) in [6.45, 7) is 1.97. The van der Waals surface area contributed by atoms with E-state index in [1.165, 1.54) is 6.42 Å². The van der Waals surface area contributed by atoms with Crippen LogP contribution in [-0.4, -0.2) is 10.1 Å². The summed E-state index contributed by atoms with van der Waals surface area (Å²) in [5, 5.41) is 20.2. The van der Waals surface area contributed by atoms with Gasteiger partial charge in [-0.15, -0.1) is 0 Å². The first-order valence-corrected chi connectivity index (χ1v) is 7.20. The van der Waals surface area contributed by atoms with E-state index in [1.807, 2.05) is 19.1 Å². The van der Waals surface area contributed by atoms with Crippen LogP contribution in [0.2, 0.25) is 0 Å². The largest absolute Gasteiger partial charge is 0.385 e. The van der Waals surface area contributed by atoms with Gasteiger partial charge in [-0.05, 0) is 31.4 Å². The van der Waals surface area contributed by atoms with E-state index in [0.717, 1.165) is 44.1 Å². The lowest BCUT2D eigenvalue weighted by atomic mass is 9.72. The minimum Gasteiger partial charge on any atom is -0.385 e. The molecule has 1 aromatic heterocycles. The van der Waals surface area contributed by atoms with Crippen molar-refractivity contribution >= 4 is 0 Å². The van der Waals surface area contributed by atoms with Crippen LogP contribution >= 0.6 is 0 Å². The molecule has 102 valence electrons. The van der Waals surface area contributed by atoms with Gasteiger partial charge in [0, 0.05) is 6.20 Å². The van der Waals surface area contributed by atoms with E-state index in [0.29, 0.717) is 5.69 Å². The van der Waals surface area contributed by atoms with E-state index >= 15 is 0 Å². The molecule has 0 aliphatic heterocycles. The molecule has 3 heteroatoms. The summed E-state index contributed by atoms with van der Waals surface area (Å²) in [7, 11) is 0. The van der Waals surface area contributed by atoms with Crippen LogP contribution < -0.4 is 0 Å². The smallest absolute Gasteiger partial charge is 0.114 e. The molecule has 1 aromatic rings. The zero-order valence-electron chi connectivity index (χ0n) is 11.6. The lowest BCUT2D eigenvalue weighted by Gasteiger charge is -2.33. The van der Waals surface area contributed by atoms with Crippen LogP contribution in [0, 0.1) is 23.7 Å². The molecule has 0 bridgehead atoms. The molecule has 0 saturated heterocycles. The fourth-order valence-electron chi connectivity index (χ4n) is 2.91. The summed E-state index contributed by atoms with van der Waals surface area (Å²) in [6.07, 6.45) is 8.17. The van der Waals surface area contributed by atoms with Gasteiger partial charge in [0.15, 0.2) is 0 Å². The van der Waals surface area contributed by atoms with Crippen molar-refractivity contribution in [3.05, 3.63) is 29.6 Å². The Kier molecular flexibility index (Phi) is 4.55. The predicted molar refractivity (Wildman–Crippen MR) is 74.3 cm³/mol. The molecule has 0 spiro atoms. The topological polar surface area (TPSA) is 56.9 Å². The van der Waals surface area contributed by atoms with E-state index in [-0.39, 0.29) is 0 Å². The maximum Gasteiger partial charge on any atom is 0.114 e. The average Bonchev–Trinajstić information content (AvgIpc) is 2.39. The van der Waals surface area contributed by atoms with Crippen LogP contribution in [0.5, 0.6) is 0 Å².